The van der Waals surface area contributed by atoms with Crippen molar-refractivity contribution in [2.75, 3.05) is 32.7 Å². The highest BCUT2D eigenvalue weighted by atomic mass is 35.5. The van der Waals surface area contributed by atoms with Gasteiger partial charge in [-0.2, -0.15) is 0 Å². The fourth-order valence-electron chi connectivity index (χ4n) is 1.58. The lowest BCUT2D eigenvalue weighted by Gasteiger charge is -2.22. The molecule has 0 aliphatic rings. The van der Waals surface area contributed by atoms with Gasteiger partial charge >= 0.3 is 6.03 Å². The molecular formula is C13H19ClN2O4. The third-order valence-corrected chi connectivity index (χ3v) is 2.73. The van der Waals surface area contributed by atoms with Gasteiger partial charge in [0, 0.05) is 12.1 Å². The summed E-state index contributed by atoms with van der Waals surface area (Å²) in [5.41, 5.74) is -0.686. The lowest BCUT2D eigenvalue weighted by molar-refractivity contribution is -0.0133. The summed E-state index contributed by atoms with van der Waals surface area (Å²) in [7, 11) is 2.97. The molecule has 3 N–H and O–H groups in total. The van der Waals surface area contributed by atoms with Crippen molar-refractivity contribution in [2.24, 2.45) is 0 Å². The minimum absolute atomic E-state index is 0.0511. The molecule has 6 nitrogen and oxygen atoms in total. The summed E-state index contributed by atoms with van der Waals surface area (Å²) in [4.78, 5) is 11.8. The van der Waals surface area contributed by atoms with E-state index in [0.29, 0.717) is 16.5 Å². The van der Waals surface area contributed by atoms with Crippen LogP contribution in [0.3, 0.4) is 0 Å². The number of rotatable bonds is 6. The minimum atomic E-state index is -1.13. The quantitative estimate of drug-likeness (QED) is 0.749. The largest absolute Gasteiger partial charge is 0.495 e. The van der Waals surface area contributed by atoms with Crippen molar-refractivity contribution in [3.63, 3.8) is 0 Å². The summed E-state index contributed by atoms with van der Waals surface area (Å²) >= 11 is 5.86. The third-order valence-electron chi connectivity index (χ3n) is 2.49. The van der Waals surface area contributed by atoms with Crippen molar-refractivity contribution < 1.29 is 19.4 Å². The molecular weight excluding hydrogens is 284 g/mol. The predicted molar refractivity (Wildman–Crippen MR) is 77.5 cm³/mol. The van der Waals surface area contributed by atoms with E-state index in [4.69, 9.17) is 21.1 Å². The van der Waals surface area contributed by atoms with Crippen LogP contribution in [0.15, 0.2) is 18.2 Å². The molecule has 2 amide bonds. The number of hydrogen-bond donors (Lipinski definition) is 3. The normalized spacial score (nSPS) is 13.4. The number of ether oxygens (including phenoxy) is 2. The van der Waals surface area contributed by atoms with E-state index < -0.39 is 11.6 Å². The second-order valence-corrected chi connectivity index (χ2v) is 5.02. The molecule has 0 saturated carbocycles. The fourth-order valence-corrected chi connectivity index (χ4v) is 1.75. The average Bonchev–Trinajstić information content (AvgIpc) is 2.37. The van der Waals surface area contributed by atoms with Crippen LogP contribution in [0.4, 0.5) is 10.5 Å². The maximum atomic E-state index is 11.8. The summed E-state index contributed by atoms with van der Waals surface area (Å²) in [6.07, 6.45) is 0. The monoisotopic (exact) mass is 302 g/mol. The second kappa shape index (κ2) is 7.33. The lowest BCUT2D eigenvalue weighted by atomic mass is 10.1. The van der Waals surface area contributed by atoms with Crippen molar-refractivity contribution in [3.8, 4) is 5.75 Å². The summed E-state index contributed by atoms with van der Waals surface area (Å²) < 4.78 is 9.96. The topological polar surface area (TPSA) is 79.8 Å². The van der Waals surface area contributed by atoms with E-state index in [1.165, 1.54) is 14.2 Å². The van der Waals surface area contributed by atoms with E-state index in [1.807, 2.05) is 0 Å². The summed E-state index contributed by atoms with van der Waals surface area (Å²) in [6.45, 7) is 1.74. The zero-order valence-electron chi connectivity index (χ0n) is 11.7. The second-order valence-electron chi connectivity index (χ2n) is 4.58. The molecule has 0 unspecified atom stereocenters. The van der Waals surface area contributed by atoms with Gasteiger partial charge in [0.15, 0.2) is 0 Å². The molecule has 20 heavy (non-hydrogen) atoms. The van der Waals surface area contributed by atoms with Crippen LogP contribution in [-0.4, -0.2) is 44.1 Å². The van der Waals surface area contributed by atoms with Crippen LogP contribution < -0.4 is 15.4 Å². The first-order valence-electron chi connectivity index (χ1n) is 5.97. The number of methoxy groups -OCH3 is 2. The zero-order valence-corrected chi connectivity index (χ0v) is 12.5. The van der Waals surface area contributed by atoms with Crippen molar-refractivity contribution >= 4 is 23.3 Å². The van der Waals surface area contributed by atoms with E-state index in [-0.39, 0.29) is 13.2 Å². The maximum Gasteiger partial charge on any atom is 0.319 e. The first kappa shape index (κ1) is 16.6. The van der Waals surface area contributed by atoms with Crippen molar-refractivity contribution in [1.29, 1.82) is 0 Å². The molecule has 0 spiro atoms. The first-order valence-corrected chi connectivity index (χ1v) is 6.35. The van der Waals surface area contributed by atoms with E-state index in [1.54, 1.807) is 25.1 Å². The molecule has 0 bridgehead atoms. The average molecular weight is 303 g/mol. The summed E-state index contributed by atoms with van der Waals surface area (Å²) in [5, 5.41) is 15.5. The highest BCUT2D eigenvalue weighted by molar-refractivity contribution is 6.31. The summed E-state index contributed by atoms with van der Waals surface area (Å²) in [6, 6.07) is 4.42. The highest BCUT2D eigenvalue weighted by Crippen LogP contribution is 2.27. The molecule has 1 aromatic rings. The van der Waals surface area contributed by atoms with Crippen LogP contribution in [0, 0.1) is 0 Å². The first-order chi connectivity index (χ1) is 9.38. The number of benzene rings is 1. The zero-order chi connectivity index (χ0) is 15.2. The number of urea groups is 1. The van der Waals surface area contributed by atoms with Gasteiger partial charge in [0.1, 0.15) is 11.4 Å². The molecule has 0 fully saturated rings. The Hall–Kier alpha value is -1.50. The Morgan fingerprint density at radius 2 is 2.15 bits per heavy atom. The number of nitrogens with one attached hydrogen (secondary N) is 2. The van der Waals surface area contributed by atoms with Gasteiger partial charge in [0.25, 0.3) is 0 Å². The Balaban J connectivity index is 2.61. The minimum Gasteiger partial charge on any atom is -0.495 e. The molecule has 7 heteroatoms. The number of anilines is 1. The predicted octanol–water partition coefficient (Wildman–Crippen LogP) is 1.87. The number of carbonyl (C=O) groups is 1. The Morgan fingerprint density at radius 3 is 2.75 bits per heavy atom. The van der Waals surface area contributed by atoms with Crippen LogP contribution in [0.5, 0.6) is 5.75 Å². The lowest BCUT2D eigenvalue weighted by Crippen LogP contribution is -2.45. The molecule has 0 aromatic heterocycles. The molecule has 0 aliphatic heterocycles. The van der Waals surface area contributed by atoms with Gasteiger partial charge in [0.2, 0.25) is 0 Å². The Bertz CT molecular complexity index is 466. The van der Waals surface area contributed by atoms with Crippen LogP contribution >= 0.6 is 11.6 Å². The molecule has 1 rings (SSSR count). The molecule has 0 saturated heterocycles. The van der Waals surface area contributed by atoms with Gasteiger partial charge in [-0.3, -0.25) is 0 Å². The number of amides is 2. The molecule has 0 aliphatic carbocycles. The Labute approximate surface area is 123 Å². The van der Waals surface area contributed by atoms with Crippen molar-refractivity contribution in [1.82, 2.24) is 5.32 Å². The van der Waals surface area contributed by atoms with E-state index >= 15 is 0 Å². The third kappa shape index (κ3) is 5.24. The Morgan fingerprint density at radius 1 is 1.45 bits per heavy atom. The van der Waals surface area contributed by atoms with E-state index in [0.717, 1.165) is 0 Å². The Kier molecular flexibility index (Phi) is 6.06. The molecule has 0 heterocycles. The smallest absolute Gasteiger partial charge is 0.319 e. The molecule has 1 aromatic carbocycles. The van der Waals surface area contributed by atoms with Gasteiger partial charge < -0.3 is 25.2 Å². The van der Waals surface area contributed by atoms with Gasteiger partial charge in [-0.05, 0) is 25.1 Å². The van der Waals surface area contributed by atoms with Crippen LogP contribution in [0.25, 0.3) is 0 Å². The van der Waals surface area contributed by atoms with E-state index in [9.17, 15) is 9.90 Å². The number of aliphatic hydroxyl groups is 1. The number of carbonyl (C=O) groups excluding carboxylic acids is 1. The standard InChI is InChI=1S/C13H19ClN2O4/c1-13(18,8-19-2)7-15-12(17)16-10-6-9(14)4-5-11(10)20-3/h4-6,18H,7-8H2,1-3H3,(H2,15,16,17)/t13-/m1/s1. The fraction of sp³-hybridized carbons (Fsp3) is 0.462. The molecule has 1 atom stereocenters. The van der Waals surface area contributed by atoms with Crippen LogP contribution in [0.2, 0.25) is 5.02 Å². The van der Waals surface area contributed by atoms with E-state index in [2.05, 4.69) is 10.6 Å². The van der Waals surface area contributed by atoms with Gasteiger partial charge in [-0.1, -0.05) is 11.6 Å². The van der Waals surface area contributed by atoms with Gasteiger partial charge in [-0.25, -0.2) is 4.79 Å². The molecule has 0 radical (unpaired) electrons. The number of halogens is 1. The van der Waals surface area contributed by atoms with Crippen molar-refractivity contribution in [2.45, 2.75) is 12.5 Å². The van der Waals surface area contributed by atoms with Crippen molar-refractivity contribution in [3.05, 3.63) is 23.2 Å². The SMILES string of the molecule is COC[C@](C)(O)CNC(=O)Nc1cc(Cl)ccc1OC. The van der Waals surface area contributed by atoms with Crippen LogP contribution in [-0.2, 0) is 4.74 Å². The maximum absolute atomic E-state index is 11.8. The highest BCUT2D eigenvalue weighted by Gasteiger charge is 2.21. The summed E-state index contributed by atoms with van der Waals surface area (Å²) in [5.74, 6) is 0.494. The van der Waals surface area contributed by atoms with Crippen LogP contribution in [0.1, 0.15) is 6.92 Å². The van der Waals surface area contributed by atoms with Gasteiger partial charge in [0.05, 0.1) is 25.9 Å². The molecule has 112 valence electrons. The number of hydrogen-bond acceptors (Lipinski definition) is 4. The van der Waals surface area contributed by atoms with Gasteiger partial charge in [-0.15, -0.1) is 0 Å².